The molecule has 0 radical (unpaired) electrons. The second kappa shape index (κ2) is 7.87. The molecule has 0 aromatic heterocycles. The molecule has 0 spiro atoms. The summed E-state index contributed by atoms with van der Waals surface area (Å²) in [6.45, 7) is 10.5. The molecule has 3 nitrogen and oxygen atoms in total. The number of hydrogen-bond acceptors (Lipinski definition) is 3. The van der Waals surface area contributed by atoms with Gasteiger partial charge in [-0.25, -0.2) is 4.39 Å². The van der Waals surface area contributed by atoms with Crippen LogP contribution in [0.4, 0.5) is 4.39 Å². The van der Waals surface area contributed by atoms with Crippen LogP contribution in [0, 0.1) is 5.82 Å². The summed E-state index contributed by atoms with van der Waals surface area (Å²) in [5.41, 5.74) is 1.93. The molecule has 1 aliphatic heterocycles. The molecule has 1 fully saturated rings. The van der Waals surface area contributed by atoms with Crippen LogP contribution in [-0.2, 0) is 17.8 Å². The first-order chi connectivity index (χ1) is 10.1. The van der Waals surface area contributed by atoms with Crippen molar-refractivity contribution in [1.82, 2.24) is 10.2 Å². The van der Waals surface area contributed by atoms with Crippen molar-refractivity contribution in [1.29, 1.82) is 0 Å². The maximum atomic E-state index is 14.0. The minimum absolute atomic E-state index is 0.110. The van der Waals surface area contributed by atoms with Gasteiger partial charge in [-0.2, -0.15) is 0 Å². The van der Waals surface area contributed by atoms with Crippen LogP contribution in [0.5, 0.6) is 0 Å². The standard InChI is InChI=1S/C17H27FN2O/c1-4-7-19-9-15-5-6-17(18)16(8-15)12-20-10-13(2)21-14(3)11-20/h5-6,8,13-14,19H,4,7,9-12H2,1-3H3. The lowest BCUT2D eigenvalue weighted by Gasteiger charge is -2.35. The van der Waals surface area contributed by atoms with E-state index >= 15 is 0 Å². The van der Waals surface area contributed by atoms with E-state index in [0.717, 1.165) is 43.7 Å². The zero-order valence-electron chi connectivity index (χ0n) is 13.4. The van der Waals surface area contributed by atoms with Crippen LogP contribution >= 0.6 is 0 Å². The molecule has 1 heterocycles. The number of halogens is 1. The van der Waals surface area contributed by atoms with Crippen LogP contribution < -0.4 is 5.32 Å². The van der Waals surface area contributed by atoms with Crippen LogP contribution in [0.15, 0.2) is 18.2 Å². The first kappa shape index (κ1) is 16.4. The molecule has 1 aliphatic rings. The Morgan fingerprint density at radius 2 is 2.00 bits per heavy atom. The van der Waals surface area contributed by atoms with E-state index in [1.54, 1.807) is 6.07 Å². The van der Waals surface area contributed by atoms with Crippen molar-refractivity contribution in [2.45, 2.75) is 52.5 Å². The van der Waals surface area contributed by atoms with Crippen LogP contribution in [0.1, 0.15) is 38.3 Å². The molecule has 1 saturated heterocycles. The summed E-state index contributed by atoms with van der Waals surface area (Å²) >= 11 is 0. The minimum Gasteiger partial charge on any atom is -0.373 e. The summed E-state index contributed by atoms with van der Waals surface area (Å²) < 4.78 is 19.8. The summed E-state index contributed by atoms with van der Waals surface area (Å²) in [4.78, 5) is 2.28. The lowest BCUT2D eigenvalue weighted by molar-refractivity contribution is -0.0707. The zero-order chi connectivity index (χ0) is 15.2. The highest BCUT2D eigenvalue weighted by atomic mass is 19.1. The molecule has 0 saturated carbocycles. The predicted octanol–water partition coefficient (Wildman–Crippen LogP) is 2.93. The van der Waals surface area contributed by atoms with E-state index in [-0.39, 0.29) is 18.0 Å². The summed E-state index contributed by atoms with van der Waals surface area (Å²) in [5, 5.41) is 3.36. The first-order valence-corrected chi connectivity index (χ1v) is 7.94. The highest BCUT2D eigenvalue weighted by Crippen LogP contribution is 2.17. The smallest absolute Gasteiger partial charge is 0.127 e. The maximum absolute atomic E-state index is 14.0. The molecule has 21 heavy (non-hydrogen) atoms. The Labute approximate surface area is 127 Å². The van der Waals surface area contributed by atoms with E-state index in [2.05, 4.69) is 31.0 Å². The van der Waals surface area contributed by atoms with Crippen LogP contribution in [-0.4, -0.2) is 36.7 Å². The van der Waals surface area contributed by atoms with Gasteiger partial charge in [-0.05, 0) is 38.4 Å². The SMILES string of the molecule is CCCNCc1ccc(F)c(CN2CC(C)OC(C)C2)c1. The van der Waals surface area contributed by atoms with Crippen LogP contribution in [0.2, 0.25) is 0 Å². The molecule has 1 N–H and O–H groups in total. The van der Waals surface area contributed by atoms with Gasteiger partial charge < -0.3 is 10.1 Å². The van der Waals surface area contributed by atoms with Crippen molar-refractivity contribution in [2.24, 2.45) is 0 Å². The molecule has 4 heteroatoms. The van der Waals surface area contributed by atoms with E-state index in [9.17, 15) is 4.39 Å². The maximum Gasteiger partial charge on any atom is 0.127 e. The average molecular weight is 294 g/mol. The Balaban J connectivity index is 1.99. The van der Waals surface area contributed by atoms with Gasteiger partial charge >= 0.3 is 0 Å². The molecule has 1 aromatic carbocycles. The van der Waals surface area contributed by atoms with Crippen LogP contribution in [0.25, 0.3) is 0 Å². The van der Waals surface area contributed by atoms with Crippen molar-refractivity contribution >= 4 is 0 Å². The number of rotatable bonds is 6. The Hall–Kier alpha value is -0.970. The topological polar surface area (TPSA) is 24.5 Å². The highest BCUT2D eigenvalue weighted by molar-refractivity contribution is 5.25. The van der Waals surface area contributed by atoms with E-state index in [4.69, 9.17) is 4.74 Å². The van der Waals surface area contributed by atoms with E-state index < -0.39 is 0 Å². The average Bonchev–Trinajstić information content (AvgIpc) is 2.41. The molecule has 118 valence electrons. The minimum atomic E-state index is -0.110. The zero-order valence-corrected chi connectivity index (χ0v) is 13.4. The second-order valence-corrected chi connectivity index (χ2v) is 6.05. The third kappa shape index (κ3) is 5.06. The number of nitrogens with zero attached hydrogens (tertiary/aromatic N) is 1. The van der Waals surface area contributed by atoms with Crippen molar-refractivity contribution in [3.63, 3.8) is 0 Å². The van der Waals surface area contributed by atoms with Crippen molar-refractivity contribution in [2.75, 3.05) is 19.6 Å². The van der Waals surface area contributed by atoms with Crippen molar-refractivity contribution in [3.8, 4) is 0 Å². The van der Waals surface area contributed by atoms with Gasteiger partial charge in [0.1, 0.15) is 5.82 Å². The Morgan fingerprint density at radius 1 is 1.29 bits per heavy atom. The number of morpholine rings is 1. The van der Waals surface area contributed by atoms with Gasteiger partial charge in [-0.3, -0.25) is 4.90 Å². The monoisotopic (exact) mass is 294 g/mol. The number of ether oxygens (including phenoxy) is 1. The molecule has 0 amide bonds. The molecule has 0 bridgehead atoms. The fraction of sp³-hybridized carbons (Fsp3) is 0.647. The molecule has 2 atom stereocenters. The van der Waals surface area contributed by atoms with E-state index in [1.807, 2.05) is 12.1 Å². The molecular weight excluding hydrogens is 267 g/mol. The van der Waals surface area contributed by atoms with Crippen molar-refractivity contribution in [3.05, 3.63) is 35.1 Å². The Kier molecular flexibility index (Phi) is 6.15. The first-order valence-electron chi connectivity index (χ1n) is 7.94. The summed E-state index contributed by atoms with van der Waals surface area (Å²) in [6, 6.07) is 5.44. The largest absolute Gasteiger partial charge is 0.373 e. The third-order valence-electron chi connectivity index (χ3n) is 3.76. The quantitative estimate of drug-likeness (QED) is 0.816. The predicted molar refractivity (Wildman–Crippen MR) is 83.7 cm³/mol. The normalized spacial score (nSPS) is 23.4. The number of hydrogen-bond donors (Lipinski definition) is 1. The summed E-state index contributed by atoms with van der Waals surface area (Å²) in [7, 11) is 0. The van der Waals surface area contributed by atoms with Crippen molar-refractivity contribution < 1.29 is 9.13 Å². The molecule has 1 aromatic rings. The summed E-state index contributed by atoms with van der Waals surface area (Å²) in [6.07, 6.45) is 1.54. The van der Waals surface area contributed by atoms with Gasteiger partial charge in [0, 0.05) is 31.7 Å². The fourth-order valence-electron chi connectivity index (χ4n) is 2.92. The molecule has 2 unspecified atom stereocenters. The Bertz CT molecular complexity index is 442. The highest BCUT2D eigenvalue weighted by Gasteiger charge is 2.22. The number of nitrogens with one attached hydrogen (secondary N) is 1. The van der Waals surface area contributed by atoms with Gasteiger partial charge in [0.15, 0.2) is 0 Å². The van der Waals surface area contributed by atoms with E-state index in [1.165, 1.54) is 0 Å². The third-order valence-corrected chi connectivity index (χ3v) is 3.76. The Morgan fingerprint density at radius 3 is 2.67 bits per heavy atom. The van der Waals surface area contributed by atoms with Gasteiger partial charge in [0.05, 0.1) is 12.2 Å². The van der Waals surface area contributed by atoms with Gasteiger partial charge in [-0.1, -0.05) is 19.1 Å². The number of benzene rings is 1. The molecule has 2 rings (SSSR count). The molecular formula is C17H27FN2O. The van der Waals surface area contributed by atoms with Gasteiger partial charge in [0.2, 0.25) is 0 Å². The fourth-order valence-corrected chi connectivity index (χ4v) is 2.92. The molecule has 0 aliphatic carbocycles. The van der Waals surface area contributed by atoms with Gasteiger partial charge in [-0.15, -0.1) is 0 Å². The van der Waals surface area contributed by atoms with Crippen LogP contribution in [0.3, 0.4) is 0 Å². The van der Waals surface area contributed by atoms with Gasteiger partial charge in [0.25, 0.3) is 0 Å². The van der Waals surface area contributed by atoms with E-state index in [0.29, 0.717) is 6.54 Å². The summed E-state index contributed by atoms with van der Waals surface area (Å²) in [5.74, 6) is -0.110. The second-order valence-electron chi connectivity index (χ2n) is 6.05. The lowest BCUT2D eigenvalue weighted by Crippen LogP contribution is -2.44. The lowest BCUT2D eigenvalue weighted by atomic mass is 10.1.